The van der Waals surface area contributed by atoms with E-state index in [0.29, 0.717) is 42.1 Å². The number of halogens is 2. The smallest absolute Gasteiger partial charge is 0.245 e. The SMILES string of the molecule is Cc1cc(-n2ccnc2)c2cccc(OCc3c(Cl)ccc(S(=O)(=O)N4CCCC4C(=O)NCC4CCN(CCCCO)CC4)c3Cl)c2n1. The molecule has 4 aromatic rings. The van der Waals surface area contributed by atoms with Crippen LogP contribution in [0.25, 0.3) is 16.6 Å². The maximum absolute atomic E-state index is 14.1. The van der Waals surface area contributed by atoms with Crippen LogP contribution in [0, 0.1) is 12.8 Å². The lowest BCUT2D eigenvalue weighted by Gasteiger charge is -2.32. The summed E-state index contributed by atoms with van der Waals surface area (Å²) in [6.07, 6.45) is 10.0. The number of rotatable bonds is 13. The van der Waals surface area contributed by atoms with E-state index in [-0.39, 0.29) is 40.6 Å². The topological polar surface area (TPSA) is 130 Å². The maximum Gasteiger partial charge on any atom is 0.245 e. The molecule has 1 atom stereocenters. The van der Waals surface area contributed by atoms with Crippen molar-refractivity contribution in [3.8, 4) is 11.4 Å². The molecule has 2 N–H and O–H groups in total. The number of hydrogen-bond donors (Lipinski definition) is 2. The molecule has 2 fully saturated rings. The van der Waals surface area contributed by atoms with Crippen LogP contribution < -0.4 is 10.1 Å². The Labute approximate surface area is 297 Å². The molecular formula is C35H42Cl2N6O5S. The number of amides is 1. The number of imidazole rings is 1. The van der Waals surface area contributed by atoms with Crippen molar-refractivity contribution in [2.45, 2.75) is 63.0 Å². The van der Waals surface area contributed by atoms with Crippen molar-refractivity contribution in [1.82, 2.24) is 29.1 Å². The number of sulfonamides is 1. The number of nitrogens with zero attached hydrogens (tertiary/aromatic N) is 5. The van der Waals surface area contributed by atoms with Crippen LogP contribution in [0.4, 0.5) is 0 Å². The molecule has 262 valence electrons. The number of unbranched alkanes of at least 4 members (excludes halogenated alkanes) is 1. The fourth-order valence-corrected chi connectivity index (χ4v) is 9.28. The first kappa shape index (κ1) is 35.6. The first-order valence-electron chi connectivity index (χ1n) is 16.8. The first-order valence-corrected chi connectivity index (χ1v) is 19.0. The van der Waals surface area contributed by atoms with Gasteiger partial charge in [-0.2, -0.15) is 4.31 Å². The van der Waals surface area contributed by atoms with Gasteiger partial charge in [0, 0.05) is 53.8 Å². The summed E-state index contributed by atoms with van der Waals surface area (Å²) in [6.45, 7) is 5.65. The lowest BCUT2D eigenvalue weighted by Crippen LogP contribution is -2.47. The number of aliphatic hydroxyl groups excluding tert-OH is 1. The molecule has 49 heavy (non-hydrogen) atoms. The van der Waals surface area contributed by atoms with Gasteiger partial charge >= 0.3 is 0 Å². The second-order valence-electron chi connectivity index (χ2n) is 12.8. The average Bonchev–Trinajstić information content (AvgIpc) is 3.81. The predicted octanol–water partition coefficient (Wildman–Crippen LogP) is 5.37. The van der Waals surface area contributed by atoms with Crippen molar-refractivity contribution in [2.24, 2.45) is 5.92 Å². The second-order valence-corrected chi connectivity index (χ2v) is 15.4. The normalized spacial score (nSPS) is 17.9. The van der Waals surface area contributed by atoms with E-state index >= 15 is 0 Å². The molecule has 14 heteroatoms. The van der Waals surface area contributed by atoms with Crippen LogP contribution in [-0.2, 0) is 21.4 Å². The summed E-state index contributed by atoms with van der Waals surface area (Å²) < 4.78 is 37.5. The zero-order valence-electron chi connectivity index (χ0n) is 27.5. The Balaban J connectivity index is 1.14. The third-order valence-corrected chi connectivity index (χ3v) is 12.3. The maximum atomic E-state index is 14.1. The fourth-order valence-electron chi connectivity index (χ4n) is 6.76. The van der Waals surface area contributed by atoms with Crippen molar-refractivity contribution >= 4 is 50.0 Å². The molecule has 2 aliphatic rings. The first-order chi connectivity index (χ1) is 23.7. The van der Waals surface area contributed by atoms with Gasteiger partial charge in [-0.15, -0.1) is 0 Å². The third-order valence-electron chi connectivity index (χ3n) is 9.46. The van der Waals surface area contributed by atoms with Gasteiger partial charge in [0.1, 0.15) is 28.8 Å². The molecule has 0 radical (unpaired) electrons. The molecule has 1 unspecified atom stereocenters. The lowest BCUT2D eigenvalue weighted by molar-refractivity contribution is -0.124. The number of pyridine rings is 1. The quantitative estimate of drug-likeness (QED) is 0.176. The molecule has 2 aliphatic heterocycles. The number of benzene rings is 2. The Kier molecular flexibility index (Phi) is 11.4. The molecule has 0 bridgehead atoms. The van der Waals surface area contributed by atoms with E-state index in [1.165, 1.54) is 16.4 Å². The van der Waals surface area contributed by atoms with E-state index in [1.54, 1.807) is 18.6 Å². The highest BCUT2D eigenvalue weighted by Crippen LogP contribution is 2.37. The van der Waals surface area contributed by atoms with Gasteiger partial charge in [0.25, 0.3) is 0 Å². The number of aromatic nitrogens is 3. The second kappa shape index (κ2) is 15.7. The largest absolute Gasteiger partial charge is 0.487 e. The molecule has 11 nitrogen and oxygen atoms in total. The number of hydrogen-bond acceptors (Lipinski definition) is 8. The number of aliphatic hydroxyl groups is 1. The van der Waals surface area contributed by atoms with Crippen LogP contribution in [0.2, 0.25) is 10.0 Å². The number of nitrogens with one attached hydrogen (secondary N) is 1. The fraction of sp³-hybridized carbons (Fsp3) is 0.457. The van der Waals surface area contributed by atoms with Gasteiger partial charge in [-0.25, -0.2) is 18.4 Å². The van der Waals surface area contributed by atoms with E-state index in [9.17, 15) is 13.2 Å². The summed E-state index contributed by atoms with van der Waals surface area (Å²) in [5, 5.41) is 13.2. The molecule has 0 spiro atoms. The van der Waals surface area contributed by atoms with Gasteiger partial charge in [0.05, 0.1) is 17.0 Å². The monoisotopic (exact) mass is 728 g/mol. The van der Waals surface area contributed by atoms with Crippen molar-refractivity contribution in [2.75, 3.05) is 39.3 Å². The number of aryl methyl sites for hydroxylation is 1. The van der Waals surface area contributed by atoms with Crippen molar-refractivity contribution in [3.63, 3.8) is 0 Å². The van der Waals surface area contributed by atoms with Crippen LogP contribution in [-0.4, -0.2) is 88.5 Å². The molecule has 0 aliphatic carbocycles. The molecule has 4 heterocycles. The van der Waals surface area contributed by atoms with Crippen LogP contribution in [0.5, 0.6) is 5.75 Å². The highest BCUT2D eigenvalue weighted by molar-refractivity contribution is 7.89. The molecule has 2 aromatic heterocycles. The minimum absolute atomic E-state index is 0.0345. The molecular weight excluding hydrogens is 687 g/mol. The predicted molar refractivity (Wildman–Crippen MR) is 190 cm³/mol. The number of likely N-dealkylation sites (tertiary alicyclic amines) is 1. The van der Waals surface area contributed by atoms with Crippen LogP contribution >= 0.6 is 23.2 Å². The van der Waals surface area contributed by atoms with Crippen LogP contribution in [0.1, 0.15) is 49.8 Å². The minimum Gasteiger partial charge on any atom is -0.487 e. The Morgan fingerprint density at radius 1 is 1.10 bits per heavy atom. The molecule has 6 rings (SSSR count). The Hall–Kier alpha value is -3.26. The highest BCUT2D eigenvalue weighted by atomic mass is 35.5. The number of piperidine rings is 1. The summed E-state index contributed by atoms with van der Waals surface area (Å²) in [4.78, 5) is 24.5. The van der Waals surface area contributed by atoms with Crippen molar-refractivity contribution in [3.05, 3.63) is 76.4 Å². The van der Waals surface area contributed by atoms with Gasteiger partial charge in [-0.3, -0.25) is 4.79 Å². The zero-order valence-corrected chi connectivity index (χ0v) is 29.9. The Morgan fingerprint density at radius 3 is 2.67 bits per heavy atom. The number of para-hydroxylation sites is 1. The number of fused-ring (bicyclic) bond motifs is 1. The van der Waals surface area contributed by atoms with Gasteiger partial charge in [0.2, 0.25) is 15.9 Å². The highest BCUT2D eigenvalue weighted by Gasteiger charge is 2.41. The minimum atomic E-state index is -4.14. The molecule has 2 aromatic carbocycles. The molecule has 0 saturated carbocycles. The van der Waals surface area contributed by atoms with Crippen LogP contribution in [0.15, 0.2) is 60.0 Å². The number of carbonyl (C=O) groups is 1. The van der Waals surface area contributed by atoms with E-state index in [1.807, 2.05) is 35.9 Å². The van der Waals surface area contributed by atoms with Crippen molar-refractivity contribution < 1.29 is 23.1 Å². The van der Waals surface area contributed by atoms with Gasteiger partial charge in [-0.05, 0) is 95.3 Å². The van der Waals surface area contributed by atoms with Gasteiger partial charge < -0.3 is 24.6 Å². The standard InChI is InChI=1S/C35H42Cl2N6O5S/c1-24-20-30(42-18-13-38-23-42)26-6-4-8-31(34(26)40-24)48-22-27-28(36)9-10-32(33(27)37)49(46,47)43-15-5-7-29(43)35(45)39-21-25-11-16-41(17-12-25)14-2-3-19-44/h4,6,8-10,13,18,20,23,25,29,44H,2-3,5,7,11-12,14-17,19,21-22H2,1H3,(H,39,45). The third kappa shape index (κ3) is 7.90. The van der Waals surface area contributed by atoms with E-state index in [2.05, 4.69) is 15.2 Å². The zero-order chi connectivity index (χ0) is 34.5. The Bertz CT molecular complexity index is 1880. The Morgan fingerprint density at radius 2 is 1.92 bits per heavy atom. The number of ether oxygens (including phenoxy) is 1. The summed E-state index contributed by atoms with van der Waals surface area (Å²) in [5.74, 6) is 0.552. The van der Waals surface area contributed by atoms with Gasteiger partial charge in [0.15, 0.2) is 0 Å². The number of carbonyl (C=O) groups excluding carboxylic acids is 1. The van der Waals surface area contributed by atoms with Gasteiger partial charge in [-0.1, -0.05) is 35.3 Å². The summed E-state index contributed by atoms with van der Waals surface area (Å²) in [6, 6.07) is 9.66. The summed E-state index contributed by atoms with van der Waals surface area (Å²) in [5.41, 5.74) is 2.65. The molecule has 2 saturated heterocycles. The van der Waals surface area contributed by atoms with E-state index < -0.39 is 16.1 Å². The average molecular weight is 730 g/mol. The molecule has 1 amide bonds. The summed E-state index contributed by atoms with van der Waals surface area (Å²) in [7, 11) is -4.14. The van der Waals surface area contributed by atoms with E-state index in [4.69, 9.17) is 38.0 Å². The summed E-state index contributed by atoms with van der Waals surface area (Å²) >= 11 is 13.4. The van der Waals surface area contributed by atoms with E-state index in [0.717, 1.165) is 62.1 Å². The van der Waals surface area contributed by atoms with Crippen molar-refractivity contribution in [1.29, 1.82) is 0 Å². The lowest BCUT2D eigenvalue weighted by atomic mass is 9.96. The van der Waals surface area contributed by atoms with Crippen LogP contribution in [0.3, 0.4) is 0 Å².